The molecule has 1 aromatic carbocycles. The molecule has 0 radical (unpaired) electrons. The fraction of sp³-hybridized carbons (Fsp3) is 0.231. The van der Waals surface area contributed by atoms with Crippen molar-refractivity contribution in [2.24, 2.45) is 5.73 Å². The third kappa shape index (κ3) is 3.37. The van der Waals surface area contributed by atoms with Gasteiger partial charge < -0.3 is 10.5 Å². The molecule has 0 saturated carbocycles. The predicted octanol–water partition coefficient (Wildman–Crippen LogP) is 1.73. The number of rotatable bonds is 6. The topological polar surface area (TPSA) is 81.4 Å². The van der Waals surface area contributed by atoms with Crippen LogP contribution < -0.4 is 15.2 Å². The monoisotopic (exact) mass is 312 g/mol. The summed E-state index contributed by atoms with van der Waals surface area (Å²) in [6.45, 7) is 0.132. The molecule has 0 saturated heterocycles. The largest absolute Gasteiger partial charge is 0.494 e. The first-order chi connectivity index (χ1) is 9.54. The van der Waals surface area contributed by atoms with Crippen molar-refractivity contribution in [1.82, 2.24) is 4.72 Å². The average molecular weight is 312 g/mol. The molecule has 0 amide bonds. The highest BCUT2D eigenvalue weighted by molar-refractivity contribution is 7.91. The van der Waals surface area contributed by atoms with Gasteiger partial charge in [0, 0.05) is 12.6 Å². The lowest BCUT2D eigenvalue weighted by Gasteiger charge is -2.13. The minimum absolute atomic E-state index is 0.132. The molecule has 5 nitrogen and oxygen atoms in total. The lowest BCUT2D eigenvalue weighted by atomic mass is 10.1. The van der Waals surface area contributed by atoms with E-state index >= 15 is 0 Å². The molecule has 108 valence electrons. The van der Waals surface area contributed by atoms with Crippen molar-refractivity contribution in [2.45, 2.75) is 10.3 Å². The number of benzene rings is 1. The molecule has 0 bridgehead atoms. The van der Waals surface area contributed by atoms with E-state index in [9.17, 15) is 8.42 Å². The number of ether oxygens (including phenoxy) is 1. The summed E-state index contributed by atoms with van der Waals surface area (Å²) in [6, 6.07) is 10.6. The molecule has 1 atom stereocenters. The number of thiophene rings is 1. The van der Waals surface area contributed by atoms with E-state index in [4.69, 9.17) is 10.5 Å². The molecule has 1 heterocycles. The molecular formula is C13H16N2O3S2. The van der Waals surface area contributed by atoms with E-state index in [0.29, 0.717) is 5.75 Å². The van der Waals surface area contributed by atoms with Gasteiger partial charge in [0.15, 0.2) is 4.21 Å². The van der Waals surface area contributed by atoms with Crippen LogP contribution in [0.25, 0.3) is 0 Å². The number of hydrogen-bond acceptors (Lipinski definition) is 5. The highest BCUT2D eigenvalue weighted by atomic mass is 32.2. The summed E-state index contributed by atoms with van der Waals surface area (Å²) in [5, 5.41) is 1.67. The highest BCUT2D eigenvalue weighted by Gasteiger charge is 2.21. The van der Waals surface area contributed by atoms with Crippen LogP contribution in [0.15, 0.2) is 46.0 Å². The molecule has 7 heteroatoms. The molecular weight excluding hydrogens is 296 g/mol. The zero-order valence-corrected chi connectivity index (χ0v) is 12.6. The van der Waals surface area contributed by atoms with Crippen molar-refractivity contribution < 1.29 is 13.2 Å². The molecule has 0 aliphatic carbocycles. The fourth-order valence-corrected chi connectivity index (χ4v) is 4.09. The van der Waals surface area contributed by atoms with Crippen LogP contribution in [-0.2, 0) is 10.0 Å². The van der Waals surface area contributed by atoms with Crippen LogP contribution >= 0.6 is 11.3 Å². The van der Waals surface area contributed by atoms with Crippen LogP contribution in [0.5, 0.6) is 5.75 Å². The Morgan fingerprint density at radius 3 is 2.65 bits per heavy atom. The van der Waals surface area contributed by atoms with E-state index in [2.05, 4.69) is 4.72 Å². The third-order valence-electron chi connectivity index (χ3n) is 2.78. The van der Waals surface area contributed by atoms with Gasteiger partial charge in [-0.2, -0.15) is 0 Å². The van der Waals surface area contributed by atoms with Gasteiger partial charge in [-0.1, -0.05) is 30.3 Å². The van der Waals surface area contributed by atoms with Gasteiger partial charge in [-0.3, -0.25) is 0 Å². The predicted molar refractivity (Wildman–Crippen MR) is 79.4 cm³/mol. The zero-order valence-electron chi connectivity index (χ0n) is 10.9. The Morgan fingerprint density at radius 2 is 2.00 bits per heavy atom. The van der Waals surface area contributed by atoms with Gasteiger partial charge in [0.25, 0.3) is 10.0 Å². The summed E-state index contributed by atoms with van der Waals surface area (Å²) in [5.41, 5.74) is 6.85. The molecule has 0 aliphatic rings. The van der Waals surface area contributed by atoms with Crippen LogP contribution in [0.1, 0.15) is 11.6 Å². The van der Waals surface area contributed by atoms with Crippen molar-refractivity contribution in [3.8, 4) is 5.75 Å². The normalized spacial score (nSPS) is 13.1. The standard InChI is InChI=1S/C13H16N2O3S2/c1-18-12-7-8-19-13(12)20(16,17)15-9-11(14)10-5-3-2-4-6-10/h2-8,11,15H,9,14H2,1H3/t11-/m1/s1. The molecule has 2 aromatic rings. The minimum atomic E-state index is -3.60. The van der Waals surface area contributed by atoms with Crippen molar-refractivity contribution in [1.29, 1.82) is 0 Å². The number of sulfonamides is 1. The van der Waals surface area contributed by atoms with Crippen LogP contribution in [0.3, 0.4) is 0 Å². The Kier molecular flexibility index (Phi) is 4.77. The second-order valence-corrected chi connectivity index (χ2v) is 7.02. The summed E-state index contributed by atoms with van der Waals surface area (Å²) >= 11 is 1.11. The summed E-state index contributed by atoms with van der Waals surface area (Å²) in [6.07, 6.45) is 0. The Bertz CT molecular complexity index is 653. The van der Waals surface area contributed by atoms with E-state index < -0.39 is 16.1 Å². The summed E-state index contributed by atoms with van der Waals surface area (Å²) in [5.74, 6) is 0.343. The van der Waals surface area contributed by atoms with Gasteiger partial charge in [0.1, 0.15) is 5.75 Å². The van der Waals surface area contributed by atoms with Crippen molar-refractivity contribution in [3.63, 3.8) is 0 Å². The molecule has 3 N–H and O–H groups in total. The second kappa shape index (κ2) is 6.36. The molecule has 0 aliphatic heterocycles. The maximum absolute atomic E-state index is 12.2. The van der Waals surface area contributed by atoms with E-state index in [0.717, 1.165) is 16.9 Å². The third-order valence-corrected chi connectivity index (χ3v) is 5.65. The van der Waals surface area contributed by atoms with Crippen molar-refractivity contribution >= 4 is 21.4 Å². The summed E-state index contributed by atoms with van der Waals surface area (Å²) in [7, 11) is -2.16. The maximum atomic E-state index is 12.2. The number of methoxy groups -OCH3 is 1. The molecule has 0 fully saturated rings. The van der Waals surface area contributed by atoms with Gasteiger partial charge in [-0.25, -0.2) is 13.1 Å². The molecule has 0 spiro atoms. The van der Waals surface area contributed by atoms with E-state index in [1.807, 2.05) is 30.3 Å². The Hall–Kier alpha value is -1.41. The van der Waals surface area contributed by atoms with Gasteiger partial charge in [0.05, 0.1) is 7.11 Å². The van der Waals surface area contributed by atoms with Crippen LogP contribution in [0, 0.1) is 0 Å². The minimum Gasteiger partial charge on any atom is -0.494 e. The molecule has 20 heavy (non-hydrogen) atoms. The quantitative estimate of drug-likeness (QED) is 0.851. The van der Waals surface area contributed by atoms with Crippen LogP contribution in [-0.4, -0.2) is 22.1 Å². The van der Waals surface area contributed by atoms with E-state index in [1.165, 1.54) is 7.11 Å². The molecule has 2 rings (SSSR count). The Morgan fingerprint density at radius 1 is 1.30 bits per heavy atom. The SMILES string of the molecule is COc1ccsc1S(=O)(=O)NC[C@@H](N)c1ccccc1. The lowest BCUT2D eigenvalue weighted by Crippen LogP contribution is -2.31. The fourth-order valence-electron chi connectivity index (χ4n) is 1.71. The van der Waals surface area contributed by atoms with E-state index in [1.54, 1.807) is 11.4 Å². The Balaban J connectivity index is 2.07. The van der Waals surface area contributed by atoms with Gasteiger partial charge in [-0.15, -0.1) is 11.3 Å². The Labute approximate surface area is 122 Å². The van der Waals surface area contributed by atoms with Gasteiger partial charge in [-0.05, 0) is 17.0 Å². The zero-order chi connectivity index (χ0) is 14.6. The lowest BCUT2D eigenvalue weighted by molar-refractivity contribution is 0.406. The second-order valence-electron chi connectivity index (χ2n) is 4.15. The number of nitrogens with two attached hydrogens (primary N) is 1. The highest BCUT2D eigenvalue weighted by Crippen LogP contribution is 2.29. The summed E-state index contributed by atoms with van der Waals surface area (Å²) in [4.78, 5) is 0. The number of nitrogens with one attached hydrogen (secondary N) is 1. The van der Waals surface area contributed by atoms with Crippen molar-refractivity contribution in [2.75, 3.05) is 13.7 Å². The first-order valence-electron chi connectivity index (χ1n) is 5.96. The maximum Gasteiger partial charge on any atom is 0.253 e. The van der Waals surface area contributed by atoms with Gasteiger partial charge >= 0.3 is 0 Å². The van der Waals surface area contributed by atoms with Gasteiger partial charge in [0.2, 0.25) is 0 Å². The van der Waals surface area contributed by atoms with Crippen LogP contribution in [0.2, 0.25) is 0 Å². The molecule has 1 aromatic heterocycles. The van der Waals surface area contributed by atoms with E-state index in [-0.39, 0.29) is 10.8 Å². The first kappa shape index (κ1) is 15.0. The number of hydrogen-bond donors (Lipinski definition) is 2. The molecule has 0 unspecified atom stereocenters. The summed E-state index contributed by atoms with van der Waals surface area (Å²) < 4.78 is 32.0. The first-order valence-corrected chi connectivity index (χ1v) is 8.32. The van der Waals surface area contributed by atoms with Crippen molar-refractivity contribution in [3.05, 3.63) is 47.3 Å². The van der Waals surface area contributed by atoms with Crippen LogP contribution in [0.4, 0.5) is 0 Å². The average Bonchev–Trinajstić information content (AvgIpc) is 2.95. The smallest absolute Gasteiger partial charge is 0.253 e.